The van der Waals surface area contributed by atoms with Crippen molar-refractivity contribution in [2.24, 2.45) is 10.8 Å². The highest BCUT2D eigenvalue weighted by Gasteiger charge is 2.42. The molecule has 13 rings (SSSR count). The smallest absolute Gasteiger partial charge is 0.266 e. The average molecular weight is 1420 g/mol. The first-order valence-electron chi connectivity index (χ1n) is 34.4. The number of nitrogens with zero attached hydrogens (tertiary/aromatic N) is 4. The Kier molecular flexibility index (Phi) is 17.8. The van der Waals surface area contributed by atoms with E-state index < -0.39 is 23.6 Å². The molecule has 11 aromatic rings. The molecule has 0 radical (unpaired) electrons. The van der Waals surface area contributed by atoms with Gasteiger partial charge in [-0.05, 0) is 216 Å². The summed E-state index contributed by atoms with van der Waals surface area (Å²) in [5.41, 5.74) is 14.5. The van der Waals surface area contributed by atoms with Gasteiger partial charge in [0, 0.05) is 97.3 Å². The predicted octanol–water partition coefficient (Wildman–Crippen LogP) is 26.5. The van der Waals surface area contributed by atoms with Crippen molar-refractivity contribution in [2.45, 2.75) is 139 Å². The molecule has 4 amide bonds. The van der Waals surface area contributed by atoms with Crippen LogP contribution in [0.15, 0.2) is 200 Å². The van der Waals surface area contributed by atoms with Gasteiger partial charge in [0.15, 0.2) is 0 Å². The first kappa shape index (κ1) is 70.4. The maximum atomic E-state index is 15.3. The Balaban J connectivity index is 0.858. The first-order valence-corrected chi connectivity index (χ1v) is 35.9. The van der Waals surface area contributed by atoms with Crippen molar-refractivity contribution in [2.75, 3.05) is 19.6 Å². The van der Waals surface area contributed by atoms with Crippen LogP contribution in [0, 0.1) is 10.8 Å². The third-order valence-corrected chi connectivity index (χ3v) is 21.2. The Hall–Kier alpha value is -9.02. The Morgan fingerprint density at radius 3 is 0.881 bits per heavy atom. The van der Waals surface area contributed by atoms with E-state index in [1.165, 1.54) is 16.7 Å². The van der Waals surface area contributed by atoms with Crippen molar-refractivity contribution >= 4 is 164 Å². The minimum Gasteiger partial charge on any atom is -0.311 e. The molecule has 101 heavy (non-hydrogen) atoms. The number of anilines is 8. The summed E-state index contributed by atoms with van der Waals surface area (Å²) >= 11 is 30.0. The quantitative estimate of drug-likeness (QED) is 0.0297. The molecule has 0 aliphatic carbocycles. The predicted molar refractivity (Wildman–Crippen MR) is 427 cm³/mol. The van der Waals surface area contributed by atoms with Crippen molar-refractivity contribution in [3.05, 3.63) is 265 Å². The molecule has 0 aromatic heterocycles. The van der Waals surface area contributed by atoms with Gasteiger partial charge in [-0.1, -0.05) is 202 Å². The zero-order valence-electron chi connectivity index (χ0n) is 60.2. The summed E-state index contributed by atoms with van der Waals surface area (Å²) < 4.78 is 0. The summed E-state index contributed by atoms with van der Waals surface area (Å²) in [6, 6.07) is 55.4. The lowest BCUT2D eigenvalue weighted by Crippen LogP contribution is -2.40. The molecule has 2 aliphatic rings. The van der Waals surface area contributed by atoms with E-state index in [1.807, 2.05) is 31.2 Å². The second kappa shape index (κ2) is 25.5. The Morgan fingerprint density at radius 1 is 0.366 bits per heavy atom. The molecule has 0 fully saturated rings. The van der Waals surface area contributed by atoms with Gasteiger partial charge in [0.1, 0.15) is 0 Å². The van der Waals surface area contributed by atoms with E-state index in [1.54, 1.807) is 48.5 Å². The lowest BCUT2D eigenvalue weighted by atomic mass is 9.72. The van der Waals surface area contributed by atoms with E-state index in [-0.39, 0.29) is 69.4 Å². The van der Waals surface area contributed by atoms with Crippen molar-refractivity contribution in [3.63, 3.8) is 0 Å². The van der Waals surface area contributed by atoms with Crippen molar-refractivity contribution in [1.82, 2.24) is 0 Å². The van der Waals surface area contributed by atoms with Crippen molar-refractivity contribution in [1.29, 1.82) is 0 Å². The second-order valence-electron chi connectivity index (χ2n) is 32.3. The molecule has 0 atom stereocenters. The number of amides is 4. The fraction of sp³-hybridized carbons (Fsp3) is 0.258. The summed E-state index contributed by atoms with van der Waals surface area (Å²) in [5.74, 6) is -2.39. The third-order valence-electron chi connectivity index (χ3n) is 20.0. The van der Waals surface area contributed by atoms with E-state index in [0.29, 0.717) is 54.5 Å². The average Bonchev–Trinajstić information content (AvgIpc) is 0.672. The van der Waals surface area contributed by atoms with Gasteiger partial charge >= 0.3 is 0 Å². The number of rotatable bonds is 17. The Bertz CT molecular complexity index is 5170. The molecular formula is C89H84Cl4N4O4. The first-order chi connectivity index (χ1) is 47.4. The number of fused-ring (bicyclic) bond motifs is 2. The third kappa shape index (κ3) is 12.7. The van der Waals surface area contributed by atoms with Crippen LogP contribution < -0.4 is 19.6 Å². The minimum absolute atomic E-state index is 0.0738. The molecular weight excluding hydrogens is 1330 g/mol. The number of halogens is 4. The lowest BCUT2D eigenvalue weighted by Gasteiger charge is -2.34. The van der Waals surface area contributed by atoms with E-state index in [9.17, 15) is 0 Å². The molecule has 512 valence electrons. The van der Waals surface area contributed by atoms with Gasteiger partial charge in [0.05, 0.1) is 33.6 Å². The molecule has 2 heterocycles. The zero-order valence-corrected chi connectivity index (χ0v) is 63.2. The van der Waals surface area contributed by atoms with Crippen molar-refractivity contribution < 1.29 is 19.2 Å². The van der Waals surface area contributed by atoms with Gasteiger partial charge < -0.3 is 9.80 Å². The van der Waals surface area contributed by atoms with Crippen LogP contribution in [-0.2, 0) is 16.2 Å². The van der Waals surface area contributed by atoms with E-state index in [2.05, 4.69) is 223 Å². The van der Waals surface area contributed by atoms with Gasteiger partial charge in [-0.2, -0.15) is 0 Å². The van der Waals surface area contributed by atoms with Crippen LogP contribution in [-0.4, -0.2) is 23.6 Å². The van der Waals surface area contributed by atoms with Crippen LogP contribution in [0.5, 0.6) is 0 Å². The van der Waals surface area contributed by atoms with Gasteiger partial charge in [0.25, 0.3) is 23.6 Å². The summed E-state index contributed by atoms with van der Waals surface area (Å²) in [6.45, 7) is 41.6. The van der Waals surface area contributed by atoms with Crippen LogP contribution in [0.2, 0.25) is 20.1 Å². The van der Waals surface area contributed by atoms with Gasteiger partial charge in [-0.3, -0.25) is 19.2 Å². The Morgan fingerprint density at radius 2 is 0.624 bits per heavy atom. The largest absolute Gasteiger partial charge is 0.311 e. The number of hydrogen-bond acceptors (Lipinski definition) is 6. The molecule has 0 N–H and O–H groups in total. The normalized spacial score (nSPS) is 14.0. The SMILES string of the molecule is C=C(C)/C=C(\C)c1ccc(N(c2ccc(N3C(=O)c4cc(Cl)c5c6c(Cl)cc7c8c(cc(Cl)c(c9c(Cl)cc(c4c59)C3=O)c86)C(=O)N(c3ccc(N(c4ccc(C(C)(C)CC(=C)C)cc4)c4ccc(C(C)(C)CC(C)(C)C)cc4)cc3)C7=O)cc2)c2ccc(C(C)(C)CC(C)(C)C)cc2)cc1. The molecule has 0 spiro atoms. The lowest BCUT2D eigenvalue weighted by molar-refractivity contribution is 0.0877. The fourth-order valence-corrected chi connectivity index (χ4v) is 17.7. The number of imide groups is 2. The van der Waals surface area contributed by atoms with Crippen LogP contribution in [0.1, 0.15) is 187 Å². The topological polar surface area (TPSA) is 81.2 Å². The number of benzene rings is 11. The molecule has 0 unspecified atom stereocenters. The maximum Gasteiger partial charge on any atom is 0.266 e. The molecule has 0 saturated carbocycles. The minimum atomic E-state index is -0.598. The molecule has 12 heteroatoms. The van der Waals surface area contributed by atoms with Crippen LogP contribution in [0.3, 0.4) is 0 Å². The van der Waals surface area contributed by atoms with Gasteiger partial charge in [-0.25, -0.2) is 9.80 Å². The number of carbonyl (C=O) groups is 4. The van der Waals surface area contributed by atoms with Gasteiger partial charge in [-0.15, -0.1) is 6.58 Å². The monoisotopic (exact) mass is 1410 g/mol. The van der Waals surface area contributed by atoms with Crippen LogP contribution in [0.25, 0.3) is 48.7 Å². The molecule has 8 nitrogen and oxygen atoms in total. The summed E-state index contributed by atoms with van der Waals surface area (Å²) in [4.78, 5) is 67.9. The molecule has 0 bridgehead atoms. The summed E-state index contributed by atoms with van der Waals surface area (Å²) in [5, 5.41) is 3.54. The van der Waals surface area contributed by atoms with E-state index in [4.69, 9.17) is 46.4 Å². The van der Waals surface area contributed by atoms with Crippen LogP contribution in [0.4, 0.5) is 45.5 Å². The number of allylic oxidation sites excluding steroid dienone is 4. The molecule has 2 aliphatic heterocycles. The second-order valence-corrected chi connectivity index (χ2v) is 34.0. The standard InChI is InChI=1S/C89H84Cl4N4O4/c1-50(2)42-52(5)53-18-26-57(27-19-53)94(59-30-22-55(23-31-59)88(14,15)48-85(6,7)8)61-34-38-63(39-35-61)96-81(98)65-43-69(90)75-77-71(92)45-67-74-68(46-72(93)78(80(74)77)76-70(91)44-66(82(96)99)73(65)79(75)76)84(101)97(83(67)100)64-40-36-62(37-41-64)95(58-28-20-54(21-29-58)87(12,13)47-51(3)4)60-32-24-56(25-33-60)89(16,17)49-86(9,10)11/h18-46H,1,3,47-49H2,2,4-17H3/b52-42+. The Labute approximate surface area is 613 Å². The number of hydrogen-bond donors (Lipinski definition) is 0. The summed E-state index contributed by atoms with van der Waals surface area (Å²) in [7, 11) is 0. The zero-order chi connectivity index (χ0) is 72.6. The highest BCUT2D eigenvalue weighted by Crippen LogP contribution is 2.55. The van der Waals surface area contributed by atoms with Gasteiger partial charge in [0.2, 0.25) is 0 Å². The number of carbonyl (C=O) groups excluding carboxylic acids is 4. The van der Waals surface area contributed by atoms with E-state index in [0.717, 1.165) is 85.5 Å². The summed E-state index contributed by atoms with van der Waals surface area (Å²) in [6.07, 6.45) is 4.91. The van der Waals surface area contributed by atoms with Crippen molar-refractivity contribution in [3.8, 4) is 0 Å². The highest BCUT2D eigenvalue weighted by molar-refractivity contribution is 6.57. The highest BCUT2D eigenvalue weighted by atomic mass is 35.5. The molecule has 0 saturated heterocycles. The molecule has 11 aromatic carbocycles. The van der Waals surface area contributed by atoms with E-state index >= 15 is 19.2 Å². The van der Waals surface area contributed by atoms with Crippen LogP contribution >= 0.6 is 46.4 Å². The maximum absolute atomic E-state index is 15.3. The fourth-order valence-electron chi connectivity index (χ4n) is 16.5.